The van der Waals surface area contributed by atoms with Gasteiger partial charge in [-0.25, -0.2) is 4.79 Å². The Kier molecular flexibility index (Phi) is 5.44. The molecule has 0 spiro atoms. The third-order valence-corrected chi connectivity index (χ3v) is 5.86. The molecule has 2 aliphatic rings. The number of urea groups is 1. The number of nitrogens with two attached hydrogens (primary N) is 1. The van der Waals surface area contributed by atoms with Crippen molar-refractivity contribution in [3.05, 3.63) is 71.3 Å². The average molecular weight is 377 g/mol. The zero-order valence-corrected chi connectivity index (χ0v) is 16.4. The molecule has 2 N–H and O–H groups in total. The van der Waals surface area contributed by atoms with Crippen molar-refractivity contribution in [3.63, 3.8) is 0 Å². The first-order chi connectivity index (χ1) is 13.6. The van der Waals surface area contributed by atoms with E-state index in [1.165, 1.54) is 29.8 Å². The summed E-state index contributed by atoms with van der Waals surface area (Å²) in [4.78, 5) is 14.8. The first kappa shape index (κ1) is 18.7. The van der Waals surface area contributed by atoms with Crippen LogP contribution < -0.4 is 5.73 Å². The third-order valence-electron chi connectivity index (χ3n) is 5.86. The van der Waals surface area contributed by atoms with Crippen molar-refractivity contribution < 1.29 is 4.79 Å². The molecule has 5 heteroatoms. The molecule has 0 radical (unpaired) electrons. The molecule has 1 fully saturated rings. The highest BCUT2D eigenvalue weighted by molar-refractivity contribution is 6.03. The van der Waals surface area contributed by atoms with Crippen molar-refractivity contribution in [2.24, 2.45) is 10.8 Å². The van der Waals surface area contributed by atoms with Gasteiger partial charge in [0, 0.05) is 12.6 Å². The minimum Gasteiger partial charge on any atom is -0.350 e. The molecule has 5 nitrogen and oxygen atoms in total. The minimum atomic E-state index is -0.515. The molecule has 1 unspecified atom stereocenters. The SMILES string of the molecule is Cc1ccc(C2=NN(C(N)=O)C(c3ccccc3)N(C3CCCCC3)C2)cc1. The Balaban J connectivity index is 1.77. The summed E-state index contributed by atoms with van der Waals surface area (Å²) in [5, 5.41) is 6.19. The monoisotopic (exact) mass is 376 g/mol. The molecule has 1 heterocycles. The Morgan fingerprint density at radius 2 is 1.68 bits per heavy atom. The molecule has 28 heavy (non-hydrogen) atoms. The normalized spacial score (nSPS) is 21.4. The Morgan fingerprint density at radius 1 is 1.00 bits per heavy atom. The van der Waals surface area contributed by atoms with Gasteiger partial charge in [0.25, 0.3) is 0 Å². The number of aryl methyl sites for hydroxylation is 1. The van der Waals surface area contributed by atoms with Crippen LogP contribution in [0, 0.1) is 6.92 Å². The van der Waals surface area contributed by atoms with Crippen LogP contribution in [0.1, 0.15) is 55.0 Å². The molecule has 4 rings (SSSR count). The Bertz CT molecular complexity index is 841. The number of carbonyl (C=O) groups excluding carboxylic acids is 1. The highest BCUT2D eigenvalue weighted by Gasteiger charge is 2.38. The summed E-state index contributed by atoms with van der Waals surface area (Å²) < 4.78 is 0. The molecule has 1 aliphatic heterocycles. The number of carbonyl (C=O) groups is 1. The van der Waals surface area contributed by atoms with Gasteiger partial charge in [-0.2, -0.15) is 10.1 Å². The van der Waals surface area contributed by atoms with Crippen LogP contribution in [0.15, 0.2) is 59.7 Å². The number of nitrogens with zero attached hydrogens (tertiary/aromatic N) is 3. The van der Waals surface area contributed by atoms with E-state index in [0.29, 0.717) is 6.04 Å². The van der Waals surface area contributed by atoms with Crippen molar-refractivity contribution in [3.8, 4) is 0 Å². The van der Waals surface area contributed by atoms with Crippen molar-refractivity contribution in [2.45, 2.75) is 51.2 Å². The van der Waals surface area contributed by atoms with Gasteiger partial charge in [-0.3, -0.25) is 4.90 Å². The van der Waals surface area contributed by atoms with E-state index in [4.69, 9.17) is 10.8 Å². The summed E-state index contributed by atoms with van der Waals surface area (Å²) >= 11 is 0. The molecule has 1 atom stereocenters. The largest absolute Gasteiger partial charge is 0.350 e. The Morgan fingerprint density at radius 3 is 2.32 bits per heavy atom. The van der Waals surface area contributed by atoms with Crippen LogP contribution in [0.4, 0.5) is 4.79 Å². The summed E-state index contributed by atoms with van der Waals surface area (Å²) in [7, 11) is 0. The molecule has 2 aromatic rings. The van der Waals surface area contributed by atoms with Crippen molar-refractivity contribution in [1.29, 1.82) is 0 Å². The number of amides is 2. The molecule has 0 aromatic heterocycles. The fraction of sp³-hybridized carbons (Fsp3) is 0.391. The number of hydrogen-bond donors (Lipinski definition) is 1. The Hall–Kier alpha value is -2.66. The predicted octanol–water partition coefficient (Wildman–Crippen LogP) is 4.43. The summed E-state index contributed by atoms with van der Waals surface area (Å²) in [6.45, 7) is 2.79. The Labute approximate surface area is 166 Å². The van der Waals surface area contributed by atoms with Gasteiger partial charge in [-0.05, 0) is 30.9 Å². The molecule has 1 saturated carbocycles. The van der Waals surface area contributed by atoms with Gasteiger partial charge in [0.05, 0.1) is 5.71 Å². The van der Waals surface area contributed by atoms with E-state index in [0.717, 1.165) is 36.2 Å². The lowest BCUT2D eigenvalue weighted by Crippen LogP contribution is -2.54. The van der Waals surface area contributed by atoms with Crippen LogP contribution in [0.25, 0.3) is 0 Å². The zero-order valence-electron chi connectivity index (χ0n) is 16.4. The van der Waals surface area contributed by atoms with E-state index in [2.05, 4.69) is 48.2 Å². The van der Waals surface area contributed by atoms with E-state index in [1.807, 2.05) is 18.2 Å². The average Bonchev–Trinajstić information content (AvgIpc) is 2.74. The molecule has 2 amide bonds. The second-order valence-electron chi connectivity index (χ2n) is 7.84. The standard InChI is InChI=1S/C23H28N4O/c1-17-12-14-18(15-13-17)21-16-26(20-10-6-3-7-11-20)22(27(25-21)23(24)28)19-8-4-2-5-9-19/h2,4-5,8-9,12-15,20,22H,3,6-7,10-11,16H2,1H3,(H2,24,28). The second kappa shape index (κ2) is 8.15. The van der Waals surface area contributed by atoms with Gasteiger partial charge in [0.1, 0.15) is 6.17 Å². The molecular formula is C23H28N4O. The highest BCUT2D eigenvalue weighted by atomic mass is 16.2. The van der Waals surface area contributed by atoms with Gasteiger partial charge in [0.2, 0.25) is 0 Å². The number of benzene rings is 2. The predicted molar refractivity (Wildman–Crippen MR) is 112 cm³/mol. The fourth-order valence-electron chi connectivity index (χ4n) is 4.38. The first-order valence-corrected chi connectivity index (χ1v) is 10.2. The maximum Gasteiger partial charge on any atom is 0.337 e. The van der Waals surface area contributed by atoms with E-state index < -0.39 is 6.03 Å². The maximum absolute atomic E-state index is 12.4. The van der Waals surface area contributed by atoms with Gasteiger partial charge in [-0.15, -0.1) is 0 Å². The van der Waals surface area contributed by atoms with Gasteiger partial charge in [0.15, 0.2) is 0 Å². The van der Waals surface area contributed by atoms with E-state index in [1.54, 1.807) is 0 Å². The first-order valence-electron chi connectivity index (χ1n) is 10.2. The number of hydrazone groups is 1. The van der Waals surface area contributed by atoms with Crippen LogP contribution >= 0.6 is 0 Å². The van der Waals surface area contributed by atoms with E-state index in [9.17, 15) is 4.79 Å². The summed E-state index contributed by atoms with van der Waals surface area (Å²) in [5.74, 6) is 0. The molecule has 146 valence electrons. The molecule has 1 aliphatic carbocycles. The van der Waals surface area contributed by atoms with Crippen molar-refractivity contribution in [1.82, 2.24) is 9.91 Å². The van der Waals surface area contributed by atoms with Crippen LogP contribution in [0.5, 0.6) is 0 Å². The van der Waals surface area contributed by atoms with Gasteiger partial charge in [-0.1, -0.05) is 79.4 Å². The maximum atomic E-state index is 12.4. The smallest absolute Gasteiger partial charge is 0.337 e. The van der Waals surface area contributed by atoms with Crippen molar-refractivity contribution >= 4 is 11.7 Å². The van der Waals surface area contributed by atoms with Crippen LogP contribution in [0.3, 0.4) is 0 Å². The van der Waals surface area contributed by atoms with Crippen LogP contribution in [-0.4, -0.2) is 34.2 Å². The summed E-state index contributed by atoms with van der Waals surface area (Å²) in [6, 6.07) is 18.4. The minimum absolute atomic E-state index is 0.254. The van der Waals surface area contributed by atoms with Crippen LogP contribution in [0.2, 0.25) is 0 Å². The van der Waals surface area contributed by atoms with Crippen LogP contribution in [-0.2, 0) is 0 Å². The van der Waals surface area contributed by atoms with E-state index >= 15 is 0 Å². The molecule has 0 bridgehead atoms. The lowest BCUT2D eigenvalue weighted by Gasteiger charge is -2.45. The summed E-state index contributed by atoms with van der Waals surface area (Å²) in [5.41, 5.74) is 10.0. The molecule has 0 saturated heterocycles. The molecular weight excluding hydrogens is 348 g/mol. The molecule has 2 aromatic carbocycles. The topological polar surface area (TPSA) is 61.9 Å². The van der Waals surface area contributed by atoms with E-state index in [-0.39, 0.29) is 6.17 Å². The quantitative estimate of drug-likeness (QED) is 0.861. The highest BCUT2D eigenvalue weighted by Crippen LogP contribution is 2.35. The third kappa shape index (κ3) is 3.80. The fourth-order valence-corrected chi connectivity index (χ4v) is 4.38. The lowest BCUT2D eigenvalue weighted by atomic mass is 9.92. The second-order valence-corrected chi connectivity index (χ2v) is 7.84. The number of hydrogen-bond acceptors (Lipinski definition) is 3. The van der Waals surface area contributed by atoms with Gasteiger partial charge >= 0.3 is 6.03 Å². The summed E-state index contributed by atoms with van der Waals surface area (Å²) in [6.07, 6.45) is 5.80. The number of primary amides is 1. The lowest BCUT2D eigenvalue weighted by molar-refractivity contribution is 0.0230. The van der Waals surface area contributed by atoms with Gasteiger partial charge < -0.3 is 5.73 Å². The number of rotatable bonds is 3. The zero-order chi connectivity index (χ0) is 19.5. The van der Waals surface area contributed by atoms with Crippen molar-refractivity contribution in [2.75, 3.05) is 6.54 Å².